The van der Waals surface area contributed by atoms with Gasteiger partial charge in [0.05, 0.1) is 5.75 Å². The molecule has 0 atom stereocenters. The summed E-state index contributed by atoms with van der Waals surface area (Å²) in [6.45, 7) is -0.300. The zero-order chi connectivity index (χ0) is 14.5. The first kappa shape index (κ1) is 16.1. The van der Waals surface area contributed by atoms with Crippen LogP contribution >= 0.6 is 11.6 Å². The van der Waals surface area contributed by atoms with Crippen LogP contribution in [-0.2, 0) is 16.6 Å². The van der Waals surface area contributed by atoms with E-state index in [4.69, 9.17) is 11.6 Å². The van der Waals surface area contributed by atoms with Crippen molar-refractivity contribution in [2.45, 2.75) is 12.9 Å². The second-order valence-electron chi connectivity index (χ2n) is 3.48. The van der Waals surface area contributed by atoms with Gasteiger partial charge in [-0.3, -0.25) is 0 Å². The van der Waals surface area contributed by atoms with Crippen LogP contribution < -0.4 is 9.46 Å². The third-order valence-corrected chi connectivity index (χ3v) is 3.77. The van der Waals surface area contributed by atoms with Gasteiger partial charge in [0.2, 0.25) is 10.0 Å². The minimum atomic E-state index is -4.83. The molecule has 0 heterocycles. The molecule has 0 saturated heterocycles. The number of benzene rings is 1. The topological polar surface area (TPSA) is 55.4 Å². The molecule has 0 bridgehead atoms. The standard InChI is InChI=1S/C10H11ClF3NO3S/c11-5-6-19(16,17)15-7-8-3-1-2-4-9(8)18-10(12,13)14/h1-4,15H,5-7H2. The number of nitrogens with one attached hydrogen (secondary N) is 1. The highest BCUT2D eigenvalue weighted by Gasteiger charge is 2.32. The summed E-state index contributed by atoms with van der Waals surface area (Å²) >= 11 is 5.29. The molecule has 0 aromatic heterocycles. The second kappa shape index (κ2) is 6.44. The molecule has 19 heavy (non-hydrogen) atoms. The molecule has 1 N–H and O–H groups in total. The SMILES string of the molecule is O=S(=O)(CCCl)NCc1ccccc1OC(F)(F)F. The molecule has 0 aliphatic rings. The van der Waals surface area contributed by atoms with Crippen molar-refractivity contribution >= 4 is 21.6 Å². The highest BCUT2D eigenvalue weighted by atomic mass is 35.5. The molecule has 0 aliphatic heterocycles. The van der Waals surface area contributed by atoms with Crippen molar-refractivity contribution in [3.05, 3.63) is 29.8 Å². The summed E-state index contributed by atoms with van der Waals surface area (Å²) < 4.78 is 65.0. The summed E-state index contributed by atoms with van der Waals surface area (Å²) in [5.74, 6) is -0.851. The van der Waals surface area contributed by atoms with Crippen LogP contribution in [0, 0.1) is 0 Å². The van der Waals surface area contributed by atoms with E-state index in [9.17, 15) is 21.6 Å². The predicted octanol–water partition coefficient (Wildman–Crippen LogP) is 2.24. The van der Waals surface area contributed by atoms with E-state index in [0.717, 1.165) is 6.07 Å². The van der Waals surface area contributed by atoms with E-state index in [1.807, 2.05) is 0 Å². The smallest absolute Gasteiger partial charge is 0.405 e. The zero-order valence-electron chi connectivity index (χ0n) is 9.58. The predicted molar refractivity (Wildman–Crippen MR) is 64.5 cm³/mol. The number of ether oxygens (including phenoxy) is 1. The maximum absolute atomic E-state index is 12.1. The summed E-state index contributed by atoms with van der Waals surface area (Å²) in [4.78, 5) is 0. The van der Waals surface area contributed by atoms with Gasteiger partial charge in [-0.25, -0.2) is 13.1 Å². The van der Waals surface area contributed by atoms with Crippen LogP contribution in [0.1, 0.15) is 5.56 Å². The number of sulfonamides is 1. The average molecular weight is 318 g/mol. The minimum Gasteiger partial charge on any atom is -0.405 e. The number of rotatable bonds is 6. The molecule has 0 radical (unpaired) electrons. The lowest BCUT2D eigenvalue weighted by Gasteiger charge is -2.13. The summed E-state index contributed by atoms with van der Waals surface area (Å²) in [5, 5.41) is 0. The van der Waals surface area contributed by atoms with Crippen molar-refractivity contribution in [1.82, 2.24) is 4.72 Å². The van der Waals surface area contributed by atoms with Gasteiger partial charge in [0.15, 0.2) is 0 Å². The minimum absolute atomic E-state index is 0.0815. The van der Waals surface area contributed by atoms with Gasteiger partial charge in [0, 0.05) is 18.0 Å². The van der Waals surface area contributed by atoms with E-state index in [-0.39, 0.29) is 23.7 Å². The Bertz CT molecular complexity index is 519. The second-order valence-corrected chi connectivity index (χ2v) is 5.79. The number of halogens is 4. The molecule has 0 saturated carbocycles. The van der Waals surface area contributed by atoms with Crippen molar-refractivity contribution in [3.8, 4) is 5.75 Å². The average Bonchev–Trinajstić information content (AvgIpc) is 2.26. The van der Waals surface area contributed by atoms with Crippen LogP contribution in [-0.4, -0.2) is 26.4 Å². The van der Waals surface area contributed by atoms with Gasteiger partial charge < -0.3 is 4.74 Å². The normalized spacial score (nSPS) is 12.4. The van der Waals surface area contributed by atoms with E-state index < -0.39 is 22.1 Å². The molecule has 1 aromatic rings. The quantitative estimate of drug-likeness (QED) is 0.819. The molecule has 0 fully saturated rings. The van der Waals surface area contributed by atoms with Crippen LogP contribution in [0.5, 0.6) is 5.75 Å². The van der Waals surface area contributed by atoms with Crippen LogP contribution in [0.3, 0.4) is 0 Å². The molecular weight excluding hydrogens is 307 g/mol. The molecule has 0 spiro atoms. The van der Waals surface area contributed by atoms with Gasteiger partial charge in [-0.2, -0.15) is 0 Å². The van der Waals surface area contributed by atoms with Crippen molar-refractivity contribution in [3.63, 3.8) is 0 Å². The Labute approximate surface area is 113 Å². The molecular formula is C10H11ClF3NO3S. The third kappa shape index (κ3) is 6.13. The van der Waals surface area contributed by atoms with Gasteiger partial charge in [-0.15, -0.1) is 24.8 Å². The first-order valence-corrected chi connectivity index (χ1v) is 7.29. The Morgan fingerprint density at radius 3 is 2.47 bits per heavy atom. The summed E-state index contributed by atoms with van der Waals surface area (Å²) in [5.41, 5.74) is 0.0815. The maximum Gasteiger partial charge on any atom is 0.573 e. The number of alkyl halides is 4. The fourth-order valence-electron chi connectivity index (χ4n) is 1.24. The molecule has 1 aromatic carbocycles. The van der Waals surface area contributed by atoms with Crippen LogP contribution in [0.4, 0.5) is 13.2 Å². The fourth-order valence-corrected chi connectivity index (χ4v) is 2.57. The van der Waals surface area contributed by atoms with Crippen LogP contribution in [0.25, 0.3) is 0 Å². The first-order valence-electron chi connectivity index (χ1n) is 5.10. The Hall–Kier alpha value is -0.990. The number of hydrogen-bond donors (Lipinski definition) is 1. The maximum atomic E-state index is 12.1. The monoisotopic (exact) mass is 317 g/mol. The van der Waals surface area contributed by atoms with E-state index in [1.54, 1.807) is 0 Å². The Morgan fingerprint density at radius 1 is 1.26 bits per heavy atom. The van der Waals surface area contributed by atoms with E-state index in [0.29, 0.717) is 0 Å². The van der Waals surface area contributed by atoms with Crippen molar-refractivity contribution in [1.29, 1.82) is 0 Å². The summed E-state index contributed by atoms with van der Waals surface area (Å²) in [6, 6.07) is 5.29. The highest BCUT2D eigenvalue weighted by Crippen LogP contribution is 2.26. The molecule has 9 heteroatoms. The molecule has 0 amide bonds. The van der Waals surface area contributed by atoms with E-state index in [1.165, 1.54) is 18.2 Å². The molecule has 1 rings (SSSR count). The Kier molecular flexibility index (Phi) is 5.45. The molecule has 108 valence electrons. The van der Waals surface area contributed by atoms with E-state index >= 15 is 0 Å². The fraction of sp³-hybridized carbons (Fsp3) is 0.400. The summed E-state index contributed by atoms with van der Waals surface area (Å²) in [6.07, 6.45) is -4.83. The lowest BCUT2D eigenvalue weighted by Crippen LogP contribution is -2.27. The Morgan fingerprint density at radius 2 is 1.89 bits per heavy atom. The van der Waals surface area contributed by atoms with Crippen LogP contribution in [0.15, 0.2) is 24.3 Å². The molecule has 0 aliphatic carbocycles. The van der Waals surface area contributed by atoms with Gasteiger partial charge in [0.25, 0.3) is 0 Å². The zero-order valence-corrected chi connectivity index (χ0v) is 11.1. The third-order valence-electron chi connectivity index (χ3n) is 2.03. The van der Waals surface area contributed by atoms with Gasteiger partial charge >= 0.3 is 6.36 Å². The van der Waals surface area contributed by atoms with Gasteiger partial charge in [0.1, 0.15) is 5.75 Å². The van der Waals surface area contributed by atoms with Crippen molar-refractivity contribution < 1.29 is 26.3 Å². The van der Waals surface area contributed by atoms with Crippen LogP contribution in [0.2, 0.25) is 0 Å². The number of hydrogen-bond acceptors (Lipinski definition) is 3. The highest BCUT2D eigenvalue weighted by molar-refractivity contribution is 7.89. The van der Waals surface area contributed by atoms with E-state index in [2.05, 4.69) is 9.46 Å². The first-order chi connectivity index (χ1) is 8.73. The molecule has 0 unspecified atom stereocenters. The Balaban J connectivity index is 2.79. The largest absolute Gasteiger partial charge is 0.573 e. The lowest BCUT2D eigenvalue weighted by molar-refractivity contribution is -0.274. The van der Waals surface area contributed by atoms with Gasteiger partial charge in [-0.1, -0.05) is 18.2 Å². The lowest BCUT2D eigenvalue weighted by atomic mass is 10.2. The number of para-hydroxylation sites is 1. The van der Waals surface area contributed by atoms with Crippen molar-refractivity contribution in [2.75, 3.05) is 11.6 Å². The van der Waals surface area contributed by atoms with Gasteiger partial charge in [-0.05, 0) is 6.07 Å². The summed E-state index contributed by atoms with van der Waals surface area (Å²) in [7, 11) is -3.61. The molecule has 4 nitrogen and oxygen atoms in total. The van der Waals surface area contributed by atoms with Crippen molar-refractivity contribution in [2.24, 2.45) is 0 Å².